The Morgan fingerprint density at radius 2 is 1.68 bits per heavy atom. The number of fused-ring (bicyclic) bond motifs is 2. The molecule has 3 fully saturated rings. The number of benzene rings is 2. The minimum atomic E-state index is -0.222. The second-order valence-corrected chi connectivity index (χ2v) is 17.2. The number of halogens is 1. The van der Waals surface area contributed by atoms with Gasteiger partial charge in [-0.25, -0.2) is 0 Å². The number of anilines is 3. The van der Waals surface area contributed by atoms with Crippen LogP contribution in [-0.4, -0.2) is 87.2 Å². The van der Waals surface area contributed by atoms with Crippen molar-refractivity contribution in [1.29, 1.82) is 10.5 Å². The highest BCUT2D eigenvalue weighted by atomic mass is 35.5. The maximum Gasteiger partial charge on any atom is 0.272 e. The number of ether oxygens (including phenoxy) is 2. The summed E-state index contributed by atoms with van der Waals surface area (Å²) in [5.74, 6) is 2.21. The van der Waals surface area contributed by atoms with Gasteiger partial charge >= 0.3 is 0 Å². The Bertz CT molecular complexity index is 2330. The van der Waals surface area contributed by atoms with Gasteiger partial charge in [0.2, 0.25) is 5.91 Å². The SMILES string of the molecule is CC(=O)N1CCc2c(c(N3CCCc4cc(C#N)ccc43)nn2C2CC(OC3CCN(c4ccc(C(=O)NC5CCC(Oc6ccc(C#N)c(Cl)c6)CC5)nn4)CC3)C2)C1. The van der Waals surface area contributed by atoms with Gasteiger partial charge < -0.3 is 29.5 Å². The van der Waals surface area contributed by atoms with Gasteiger partial charge in [0.25, 0.3) is 5.91 Å². The Labute approximate surface area is 355 Å². The third kappa shape index (κ3) is 8.23. The quantitative estimate of drug-likeness (QED) is 0.194. The van der Waals surface area contributed by atoms with Crippen LogP contribution in [0.3, 0.4) is 0 Å². The van der Waals surface area contributed by atoms with E-state index in [4.69, 9.17) is 31.4 Å². The minimum Gasteiger partial charge on any atom is -0.490 e. The van der Waals surface area contributed by atoms with Crippen LogP contribution in [0.15, 0.2) is 48.5 Å². The zero-order chi connectivity index (χ0) is 41.3. The molecule has 4 aromatic rings. The van der Waals surface area contributed by atoms with E-state index in [9.17, 15) is 14.9 Å². The Hall–Kier alpha value is -5.70. The number of aryl methyl sites for hydroxylation is 1. The molecule has 2 amide bonds. The monoisotopic (exact) mass is 828 g/mol. The van der Waals surface area contributed by atoms with Gasteiger partial charge in [0, 0.05) is 68.6 Å². The topological polar surface area (TPSA) is 166 Å². The standard InChI is InChI=1S/C45H49ClN10O4/c1-28(57)54-20-16-42-38(27-54)44(55-17-2-3-30-21-29(25-47)4-12-41(30)55)52-56(42)33-22-37(23-33)60-35-14-18-53(19-15-35)43-13-11-40(50-51-43)45(58)49-32-6-9-34(10-7-32)59-36-8-5-31(26-48)39(46)24-36/h4-5,8,11-13,21,24,32-35,37H,2-3,6-7,9-10,14-20,22-23,27H2,1H3,(H,49,58). The normalized spacial score (nSPS) is 22.8. The molecule has 1 saturated heterocycles. The number of nitriles is 2. The number of hydrogen-bond acceptors (Lipinski definition) is 11. The number of piperidine rings is 1. The summed E-state index contributed by atoms with van der Waals surface area (Å²) >= 11 is 6.16. The van der Waals surface area contributed by atoms with E-state index in [0.717, 1.165) is 113 Å². The van der Waals surface area contributed by atoms with Crippen LogP contribution in [0.25, 0.3) is 0 Å². The highest BCUT2D eigenvalue weighted by Gasteiger charge is 2.39. The summed E-state index contributed by atoms with van der Waals surface area (Å²) in [6.45, 7) is 5.35. The first-order chi connectivity index (χ1) is 29.2. The maximum absolute atomic E-state index is 13.1. The van der Waals surface area contributed by atoms with Gasteiger partial charge in [0.15, 0.2) is 17.3 Å². The Kier molecular flexibility index (Phi) is 11.3. The van der Waals surface area contributed by atoms with Gasteiger partial charge in [-0.3, -0.25) is 14.3 Å². The predicted octanol–water partition coefficient (Wildman–Crippen LogP) is 6.57. The van der Waals surface area contributed by atoms with Gasteiger partial charge in [-0.2, -0.15) is 15.6 Å². The molecule has 0 unspecified atom stereocenters. The van der Waals surface area contributed by atoms with Crippen LogP contribution < -0.4 is 19.9 Å². The van der Waals surface area contributed by atoms with E-state index in [-0.39, 0.29) is 42.2 Å². The predicted molar refractivity (Wildman–Crippen MR) is 224 cm³/mol. The number of amides is 2. The van der Waals surface area contributed by atoms with E-state index < -0.39 is 0 Å². The second kappa shape index (κ2) is 17.1. The van der Waals surface area contributed by atoms with Gasteiger partial charge in [0.05, 0.1) is 53.1 Å². The molecule has 2 aromatic carbocycles. The second-order valence-electron chi connectivity index (χ2n) is 16.8. The van der Waals surface area contributed by atoms with Crippen LogP contribution in [-0.2, 0) is 28.9 Å². The summed E-state index contributed by atoms with van der Waals surface area (Å²) in [4.78, 5) is 32.0. The largest absolute Gasteiger partial charge is 0.490 e. The first kappa shape index (κ1) is 39.7. The minimum absolute atomic E-state index is 0.0240. The number of carbonyl (C=O) groups excluding carboxylic acids is 2. The first-order valence-electron chi connectivity index (χ1n) is 21.3. The molecule has 2 aliphatic carbocycles. The van der Waals surface area contributed by atoms with E-state index in [0.29, 0.717) is 40.7 Å². The van der Waals surface area contributed by atoms with Crippen molar-refractivity contribution in [3.8, 4) is 17.9 Å². The van der Waals surface area contributed by atoms with Crippen molar-refractivity contribution < 1.29 is 19.1 Å². The average Bonchev–Trinajstić information content (AvgIpc) is 3.63. The van der Waals surface area contributed by atoms with Gasteiger partial charge in [-0.05, 0) is 112 Å². The summed E-state index contributed by atoms with van der Waals surface area (Å²) in [6, 6.07) is 19.3. The molecule has 9 rings (SSSR count). The van der Waals surface area contributed by atoms with Crippen molar-refractivity contribution in [2.24, 2.45) is 0 Å². The van der Waals surface area contributed by atoms with Gasteiger partial charge in [-0.15, -0.1) is 10.2 Å². The Balaban J connectivity index is 0.747. The zero-order valence-corrected chi connectivity index (χ0v) is 34.6. The third-order valence-corrected chi connectivity index (χ3v) is 13.2. The van der Waals surface area contributed by atoms with Gasteiger partial charge in [0.1, 0.15) is 11.8 Å². The molecule has 14 nitrogen and oxygen atoms in total. The van der Waals surface area contributed by atoms with Crippen molar-refractivity contribution in [3.63, 3.8) is 0 Å². The summed E-state index contributed by atoms with van der Waals surface area (Å²) in [7, 11) is 0. The Morgan fingerprint density at radius 3 is 2.40 bits per heavy atom. The van der Waals surface area contributed by atoms with Crippen molar-refractivity contribution >= 4 is 40.7 Å². The lowest BCUT2D eigenvalue weighted by Crippen LogP contribution is -2.43. The van der Waals surface area contributed by atoms with Gasteiger partial charge in [-0.1, -0.05) is 11.6 Å². The molecule has 0 atom stereocenters. The number of hydrogen-bond donors (Lipinski definition) is 1. The van der Waals surface area contributed by atoms with Crippen molar-refractivity contribution in [1.82, 2.24) is 30.2 Å². The van der Waals surface area contributed by atoms with Crippen LogP contribution in [0.2, 0.25) is 5.02 Å². The molecule has 0 bridgehead atoms. The van der Waals surface area contributed by atoms with E-state index in [1.165, 1.54) is 11.3 Å². The van der Waals surface area contributed by atoms with Crippen molar-refractivity contribution in [2.45, 2.75) is 114 Å². The molecular formula is C45H49ClN10O4. The van der Waals surface area contributed by atoms with Crippen LogP contribution in [0, 0.1) is 22.7 Å². The average molecular weight is 829 g/mol. The lowest BCUT2D eigenvalue weighted by atomic mass is 9.88. The summed E-state index contributed by atoms with van der Waals surface area (Å²) in [5.41, 5.74) is 6.04. The molecule has 0 spiro atoms. The fraction of sp³-hybridized carbons (Fsp3) is 0.489. The number of carbonyl (C=O) groups is 2. The molecule has 60 heavy (non-hydrogen) atoms. The Morgan fingerprint density at radius 1 is 0.867 bits per heavy atom. The van der Waals surface area contributed by atoms with Crippen LogP contribution in [0.1, 0.15) is 109 Å². The fourth-order valence-corrected chi connectivity index (χ4v) is 9.71. The molecular weight excluding hydrogens is 780 g/mol. The van der Waals surface area contributed by atoms with Crippen LogP contribution in [0.4, 0.5) is 17.3 Å². The lowest BCUT2D eigenvalue weighted by Gasteiger charge is -2.41. The van der Waals surface area contributed by atoms with E-state index in [1.54, 1.807) is 31.2 Å². The number of rotatable bonds is 9. The molecule has 5 heterocycles. The van der Waals surface area contributed by atoms with Crippen molar-refractivity contribution in [3.05, 3.63) is 87.2 Å². The molecule has 3 aliphatic heterocycles. The fourth-order valence-electron chi connectivity index (χ4n) is 9.50. The first-order valence-corrected chi connectivity index (χ1v) is 21.7. The highest BCUT2D eigenvalue weighted by Crippen LogP contribution is 2.43. The molecule has 2 saturated carbocycles. The lowest BCUT2D eigenvalue weighted by molar-refractivity contribution is -0.129. The smallest absolute Gasteiger partial charge is 0.272 e. The summed E-state index contributed by atoms with van der Waals surface area (Å²) in [5, 5.41) is 36.1. The molecule has 5 aliphatic rings. The molecule has 1 N–H and O–H groups in total. The van der Waals surface area contributed by atoms with Crippen LogP contribution in [0.5, 0.6) is 5.75 Å². The molecule has 310 valence electrons. The van der Waals surface area contributed by atoms with Crippen LogP contribution >= 0.6 is 11.6 Å². The maximum atomic E-state index is 13.1. The number of nitrogens with zero attached hydrogens (tertiary/aromatic N) is 9. The molecule has 0 radical (unpaired) electrons. The van der Waals surface area contributed by atoms with Crippen molar-refractivity contribution in [2.75, 3.05) is 36.0 Å². The third-order valence-electron chi connectivity index (χ3n) is 12.9. The number of aromatic nitrogens is 4. The van der Waals surface area contributed by atoms with E-state index >= 15 is 0 Å². The summed E-state index contributed by atoms with van der Waals surface area (Å²) in [6.07, 6.45) is 9.82. The number of nitrogens with one attached hydrogen (secondary N) is 1. The highest BCUT2D eigenvalue weighted by molar-refractivity contribution is 6.31. The van der Waals surface area contributed by atoms with E-state index in [1.807, 2.05) is 29.2 Å². The zero-order valence-electron chi connectivity index (χ0n) is 33.9. The molecule has 15 heteroatoms. The summed E-state index contributed by atoms with van der Waals surface area (Å²) < 4.78 is 15.0. The van der Waals surface area contributed by atoms with E-state index in [2.05, 4.69) is 42.1 Å². The molecule has 2 aromatic heterocycles.